The number of nitrogens with one attached hydrogen (secondary N) is 1. The molecule has 0 aliphatic carbocycles. The molecule has 2 aromatic rings. The van der Waals surface area contributed by atoms with Crippen molar-refractivity contribution in [1.29, 1.82) is 0 Å². The van der Waals surface area contributed by atoms with Crippen molar-refractivity contribution in [2.45, 2.75) is 19.8 Å². The number of rotatable bonds is 8. The van der Waals surface area contributed by atoms with E-state index >= 15 is 0 Å². The molecular formula is C15H20N4O2. The van der Waals surface area contributed by atoms with E-state index in [0.717, 1.165) is 12.8 Å². The van der Waals surface area contributed by atoms with Gasteiger partial charge in [-0.1, -0.05) is 30.3 Å². The zero-order chi connectivity index (χ0) is 14.9. The second kappa shape index (κ2) is 8.04. The van der Waals surface area contributed by atoms with Crippen LogP contribution in [0.15, 0.2) is 30.3 Å². The molecule has 0 saturated carbocycles. The first-order valence-corrected chi connectivity index (χ1v) is 7.05. The predicted molar refractivity (Wildman–Crippen MR) is 80.8 cm³/mol. The maximum atomic E-state index is 5.57. The molecular weight excluding hydrogens is 268 g/mol. The molecule has 0 aliphatic rings. The van der Waals surface area contributed by atoms with Crippen LogP contribution in [0.2, 0.25) is 0 Å². The number of ether oxygens (including phenoxy) is 2. The monoisotopic (exact) mass is 288 g/mol. The van der Waals surface area contributed by atoms with Crippen molar-refractivity contribution >= 4 is 5.95 Å². The summed E-state index contributed by atoms with van der Waals surface area (Å²) < 4.78 is 10.9. The largest absolute Gasteiger partial charge is 0.464 e. The van der Waals surface area contributed by atoms with Crippen LogP contribution in [0.5, 0.6) is 12.0 Å². The minimum atomic E-state index is 0.273. The summed E-state index contributed by atoms with van der Waals surface area (Å²) in [6, 6.07) is 10.9. The average Bonchev–Trinajstić information content (AvgIpc) is 2.53. The molecule has 2 rings (SSSR count). The van der Waals surface area contributed by atoms with E-state index in [4.69, 9.17) is 9.47 Å². The van der Waals surface area contributed by atoms with Crippen molar-refractivity contribution < 1.29 is 9.47 Å². The van der Waals surface area contributed by atoms with E-state index in [1.807, 2.05) is 25.1 Å². The van der Waals surface area contributed by atoms with Crippen molar-refractivity contribution in [3.63, 3.8) is 0 Å². The standard InChI is InChI=1S/C15H20N4O2/c1-3-20-14-17-13(16-2)18-15(19-14)21-11-7-10-12-8-5-4-6-9-12/h4-6,8-9H,3,7,10-11H2,1-2H3,(H,16,17,18,19). The number of anilines is 1. The lowest BCUT2D eigenvalue weighted by atomic mass is 10.1. The Bertz CT molecular complexity index is 549. The number of nitrogens with zero attached hydrogens (tertiary/aromatic N) is 3. The number of hydrogen-bond acceptors (Lipinski definition) is 6. The molecule has 1 heterocycles. The van der Waals surface area contributed by atoms with Gasteiger partial charge in [0, 0.05) is 7.05 Å². The third-order valence-corrected chi connectivity index (χ3v) is 2.78. The summed E-state index contributed by atoms with van der Waals surface area (Å²) in [4.78, 5) is 12.3. The van der Waals surface area contributed by atoms with Crippen molar-refractivity contribution in [1.82, 2.24) is 15.0 Å². The van der Waals surface area contributed by atoms with Crippen molar-refractivity contribution in [3.05, 3.63) is 35.9 Å². The molecule has 0 aliphatic heterocycles. The average molecular weight is 288 g/mol. The molecule has 0 fully saturated rings. The van der Waals surface area contributed by atoms with Crippen LogP contribution >= 0.6 is 0 Å². The molecule has 0 unspecified atom stereocenters. The van der Waals surface area contributed by atoms with Gasteiger partial charge in [-0.05, 0) is 25.3 Å². The highest BCUT2D eigenvalue weighted by Gasteiger charge is 2.07. The first-order chi connectivity index (χ1) is 10.3. The fraction of sp³-hybridized carbons (Fsp3) is 0.400. The Balaban J connectivity index is 1.86. The van der Waals surface area contributed by atoms with Crippen molar-refractivity contribution in [2.75, 3.05) is 25.6 Å². The lowest BCUT2D eigenvalue weighted by Gasteiger charge is -2.08. The lowest BCUT2D eigenvalue weighted by molar-refractivity contribution is 0.266. The molecule has 21 heavy (non-hydrogen) atoms. The van der Waals surface area contributed by atoms with Gasteiger partial charge in [0.05, 0.1) is 13.2 Å². The molecule has 6 nitrogen and oxygen atoms in total. The number of benzene rings is 1. The summed E-state index contributed by atoms with van der Waals surface area (Å²) in [6.45, 7) is 2.93. The number of aromatic nitrogens is 3. The van der Waals surface area contributed by atoms with E-state index in [-0.39, 0.29) is 12.0 Å². The third-order valence-electron chi connectivity index (χ3n) is 2.78. The van der Waals surface area contributed by atoms with Gasteiger partial charge in [-0.3, -0.25) is 0 Å². The summed E-state index contributed by atoms with van der Waals surface area (Å²) in [5.74, 6) is 0.437. The summed E-state index contributed by atoms with van der Waals surface area (Å²) in [7, 11) is 1.74. The molecule has 0 radical (unpaired) electrons. The molecule has 1 aromatic carbocycles. The molecule has 0 bridgehead atoms. The van der Waals surface area contributed by atoms with Crippen LogP contribution in [0.3, 0.4) is 0 Å². The quantitative estimate of drug-likeness (QED) is 0.752. The van der Waals surface area contributed by atoms with E-state index in [2.05, 4.69) is 32.4 Å². The van der Waals surface area contributed by atoms with Gasteiger partial charge in [-0.25, -0.2) is 0 Å². The van der Waals surface area contributed by atoms with Crippen LogP contribution < -0.4 is 14.8 Å². The maximum absolute atomic E-state index is 5.57. The topological polar surface area (TPSA) is 69.2 Å². The van der Waals surface area contributed by atoms with E-state index < -0.39 is 0 Å². The zero-order valence-corrected chi connectivity index (χ0v) is 12.4. The van der Waals surface area contributed by atoms with Crippen molar-refractivity contribution in [3.8, 4) is 12.0 Å². The molecule has 0 amide bonds. The van der Waals surface area contributed by atoms with Crippen LogP contribution in [-0.2, 0) is 6.42 Å². The van der Waals surface area contributed by atoms with Gasteiger partial charge in [-0.15, -0.1) is 4.98 Å². The highest BCUT2D eigenvalue weighted by molar-refractivity contribution is 5.26. The molecule has 0 saturated heterocycles. The minimum Gasteiger partial charge on any atom is -0.464 e. The van der Waals surface area contributed by atoms with Crippen LogP contribution in [0.4, 0.5) is 5.95 Å². The first-order valence-electron chi connectivity index (χ1n) is 7.05. The highest BCUT2D eigenvalue weighted by Crippen LogP contribution is 2.13. The lowest BCUT2D eigenvalue weighted by Crippen LogP contribution is -2.08. The van der Waals surface area contributed by atoms with Crippen LogP contribution in [0.25, 0.3) is 0 Å². The molecule has 0 spiro atoms. The Morgan fingerprint density at radius 3 is 2.38 bits per heavy atom. The fourth-order valence-electron chi connectivity index (χ4n) is 1.79. The Morgan fingerprint density at radius 1 is 1.00 bits per heavy atom. The van der Waals surface area contributed by atoms with Gasteiger partial charge < -0.3 is 14.8 Å². The molecule has 6 heteroatoms. The van der Waals surface area contributed by atoms with Gasteiger partial charge in [0.25, 0.3) is 0 Å². The molecule has 0 atom stereocenters. The fourth-order valence-corrected chi connectivity index (χ4v) is 1.79. The zero-order valence-electron chi connectivity index (χ0n) is 12.4. The summed E-state index contributed by atoms with van der Waals surface area (Å²) >= 11 is 0. The van der Waals surface area contributed by atoms with Crippen LogP contribution in [0, 0.1) is 0 Å². The van der Waals surface area contributed by atoms with Gasteiger partial charge in [-0.2, -0.15) is 9.97 Å². The van der Waals surface area contributed by atoms with Crippen LogP contribution in [0.1, 0.15) is 18.9 Å². The second-order valence-electron chi connectivity index (χ2n) is 4.34. The second-order valence-corrected chi connectivity index (χ2v) is 4.34. The predicted octanol–water partition coefficient (Wildman–Crippen LogP) is 2.32. The first kappa shape index (κ1) is 15.0. The summed E-state index contributed by atoms with van der Waals surface area (Å²) in [6.07, 6.45) is 1.86. The van der Waals surface area contributed by atoms with Gasteiger partial charge >= 0.3 is 12.0 Å². The third kappa shape index (κ3) is 4.91. The Hall–Kier alpha value is -2.37. The van der Waals surface area contributed by atoms with E-state index in [1.165, 1.54) is 5.56 Å². The SMILES string of the molecule is CCOc1nc(NC)nc(OCCCc2ccccc2)n1. The Kier molecular flexibility index (Phi) is 5.75. The van der Waals surface area contributed by atoms with E-state index in [9.17, 15) is 0 Å². The number of aryl methyl sites for hydroxylation is 1. The molecule has 1 N–H and O–H groups in total. The van der Waals surface area contributed by atoms with Gasteiger partial charge in [0.2, 0.25) is 5.95 Å². The highest BCUT2D eigenvalue weighted by atomic mass is 16.5. The Morgan fingerprint density at radius 2 is 1.71 bits per heavy atom. The molecule has 112 valence electrons. The van der Waals surface area contributed by atoms with Crippen LogP contribution in [-0.4, -0.2) is 35.2 Å². The van der Waals surface area contributed by atoms with E-state index in [0.29, 0.717) is 19.2 Å². The summed E-state index contributed by atoms with van der Waals surface area (Å²) in [5.41, 5.74) is 1.29. The smallest absolute Gasteiger partial charge is 0.324 e. The minimum absolute atomic E-state index is 0.273. The number of hydrogen-bond donors (Lipinski definition) is 1. The van der Waals surface area contributed by atoms with E-state index in [1.54, 1.807) is 7.05 Å². The van der Waals surface area contributed by atoms with Crippen molar-refractivity contribution in [2.24, 2.45) is 0 Å². The van der Waals surface area contributed by atoms with Gasteiger partial charge in [0.1, 0.15) is 0 Å². The van der Waals surface area contributed by atoms with Gasteiger partial charge in [0.15, 0.2) is 0 Å². The maximum Gasteiger partial charge on any atom is 0.324 e. The Labute approximate surface area is 124 Å². The molecule has 1 aromatic heterocycles. The normalized spacial score (nSPS) is 10.2. The summed E-state index contributed by atoms with van der Waals surface area (Å²) in [5, 5.41) is 2.86.